The van der Waals surface area contributed by atoms with Gasteiger partial charge in [-0.05, 0) is 36.6 Å². The van der Waals surface area contributed by atoms with Crippen molar-refractivity contribution in [3.63, 3.8) is 0 Å². The predicted octanol–water partition coefficient (Wildman–Crippen LogP) is 4.23. The fraction of sp³-hybridized carbons (Fsp3) is 0.318. The Kier molecular flexibility index (Phi) is 9.63. The molecule has 0 amide bonds. The molecule has 6 nitrogen and oxygen atoms in total. The van der Waals surface area contributed by atoms with Crippen molar-refractivity contribution in [1.29, 1.82) is 0 Å². The number of rotatable bonds is 8. The highest BCUT2D eigenvalue weighted by Gasteiger charge is 2.02. The highest BCUT2D eigenvalue weighted by atomic mass is 127. The van der Waals surface area contributed by atoms with Crippen LogP contribution < -0.4 is 10.6 Å². The average Bonchev–Trinajstić information content (AvgIpc) is 3.26. The lowest BCUT2D eigenvalue weighted by Gasteiger charge is -2.13. The van der Waals surface area contributed by atoms with E-state index in [2.05, 4.69) is 58.7 Å². The molecule has 0 unspecified atom stereocenters. The molecule has 0 aliphatic rings. The molecule has 0 aliphatic carbocycles. The maximum atomic E-state index is 4.76. The van der Waals surface area contributed by atoms with Crippen LogP contribution in [0.15, 0.2) is 66.3 Å². The molecule has 3 aromatic rings. The summed E-state index contributed by atoms with van der Waals surface area (Å²) in [6.45, 7) is 6.53. The Morgan fingerprint density at radius 1 is 1.07 bits per heavy atom. The fourth-order valence-corrected chi connectivity index (χ4v) is 2.71. The largest absolute Gasteiger partial charge is 0.356 e. The minimum absolute atomic E-state index is 0. The van der Waals surface area contributed by atoms with Crippen LogP contribution in [0.2, 0.25) is 0 Å². The van der Waals surface area contributed by atoms with Crippen molar-refractivity contribution in [1.82, 2.24) is 25.2 Å². The van der Waals surface area contributed by atoms with E-state index in [0.29, 0.717) is 6.54 Å². The molecule has 2 aromatic heterocycles. The molecule has 0 aliphatic heterocycles. The SMILES string of the molecule is CCCCNC(=NCc1ccnc(-n2ccnc2)c1)NCc1ccc(C)cc1.I. The van der Waals surface area contributed by atoms with Gasteiger partial charge >= 0.3 is 0 Å². The number of benzene rings is 1. The van der Waals surface area contributed by atoms with Crippen LogP contribution in [0.25, 0.3) is 5.82 Å². The lowest BCUT2D eigenvalue weighted by molar-refractivity contribution is 0.724. The zero-order valence-corrected chi connectivity index (χ0v) is 19.3. The van der Waals surface area contributed by atoms with Gasteiger partial charge in [-0.2, -0.15) is 0 Å². The highest BCUT2D eigenvalue weighted by Crippen LogP contribution is 2.08. The molecule has 0 fully saturated rings. The van der Waals surface area contributed by atoms with Gasteiger partial charge in [0.15, 0.2) is 5.96 Å². The van der Waals surface area contributed by atoms with Crippen molar-refractivity contribution in [3.05, 3.63) is 78.0 Å². The Hall–Kier alpha value is -2.42. The zero-order chi connectivity index (χ0) is 19.6. The Bertz CT molecular complexity index is 875. The van der Waals surface area contributed by atoms with E-state index in [1.165, 1.54) is 11.1 Å². The smallest absolute Gasteiger partial charge is 0.191 e. The quantitative estimate of drug-likeness (QED) is 0.209. The van der Waals surface area contributed by atoms with Crippen molar-refractivity contribution in [2.45, 2.75) is 39.8 Å². The topological polar surface area (TPSA) is 67.1 Å². The maximum Gasteiger partial charge on any atom is 0.191 e. The van der Waals surface area contributed by atoms with E-state index in [9.17, 15) is 0 Å². The first-order valence-electron chi connectivity index (χ1n) is 9.75. The monoisotopic (exact) mass is 504 g/mol. The van der Waals surface area contributed by atoms with Crippen molar-refractivity contribution in [2.24, 2.45) is 4.99 Å². The van der Waals surface area contributed by atoms with Crippen LogP contribution in [0.3, 0.4) is 0 Å². The summed E-state index contributed by atoms with van der Waals surface area (Å²) in [4.78, 5) is 13.2. The first kappa shape index (κ1) is 22.9. The Balaban J connectivity index is 0.00000300. The molecule has 3 rings (SSSR count). The molecule has 0 saturated carbocycles. The number of aromatic nitrogens is 3. The summed E-state index contributed by atoms with van der Waals surface area (Å²) in [6, 6.07) is 12.6. The molecule has 0 saturated heterocycles. The van der Waals surface area contributed by atoms with Crippen molar-refractivity contribution >= 4 is 29.9 Å². The standard InChI is InChI=1S/C22H28N6.HI/c1-3-4-10-25-22(26-15-19-7-5-18(2)6-8-19)27-16-20-9-11-24-21(14-20)28-13-12-23-17-28;/h5-9,11-14,17H,3-4,10,15-16H2,1-2H3,(H2,25,26,27);1H. The zero-order valence-electron chi connectivity index (χ0n) is 17.0. The van der Waals surface area contributed by atoms with Crippen LogP contribution in [0, 0.1) is 6.92 Å². The average molecular weight is 504 g/mol. The number of imidazole rings is 1. The number of nitrogens with one attached hydrogen (secondary N) is 2. The number of halogens is 1. The third-order valence-corrected chi connectivity index (χ3v) is 4.40. The Morgan fingerprint density at radius 3 is 2.62 bits per heavy atom. The summed E-state index contributed by atoms with van der Waals surface area (Å²) < 4.78 is 1.89. The van der Waals surface area contributed by atoms with Crippen LogP contribution in [0.4, 0.5) is 0 Å². The van der Waals surface area contributed by atoms with Gasteiger partial charge in [0.05, 0.1) is 6.54 Å². The third kappa shape index (κ3) is 7.49. The van der Waals surface area contributed by atoms with E-state index >= 15 is 0 Å². The summed E-state index contributed by atoms with van der Waals surface area (Å²) in [5.41, 5.74) is 3.61. The molecular formula is C22H29IN6. The molecule has 2 N–H and O–H groups in total. The second kappa shape index (κ2) is 12.2. The van der Waals surface area contributed by atoms with Gasteiger partial charge in [0.2, 0.25) is 0 Å². The van der Waals surface area contributed by atoms with Crippen molar-refractivity contribution in [2.75, 3.05) is 6.54 Å². The summed E-state index contributed by atoms with van der Waals surface area (Å²) in [5, 5.41) is 6.86. The number of aryl methyl sites for hydroxylation is 1. The first-order valence-corrected chi connectivity index (χ1v) is 9.75. The summed E-state index contributed by atoms with van der Waals surface area (Å²) in [5.74, 6) is 1.67. The van der Waals surface area contributed by atoms with Crippen LogP contribution in [-0.4, -0.2) is 27.0 Å². The number of hydrogen-bond donors (Lipinski definition) is 2. The fourth-order valence-electron chi connectivity index (χ4n) is 2.71. The molecule has 1 aromatic carbocycles. The van der Waals surface area contributed by atoms with Gasteiger partial charge in [0.25, 0.3) is 0 Å². The summed E-state index contributed by atoms with van der Waals surface area (Å²) in [6.07, 6.45) is 9.45. The minimum Gasteiger partial charge on any atom is -0.356 e. The van der Waals surface area contributed by atoms with Crippen LogP contribution >= 0.6 is 24.0 Å². The number of aliphatic imine (C=N–C) groups is 1. The van der Waals surface area contributed by atoms with E-state index in [1.807, 2.05) is 29.1 Å². The number of hydrogen-bond acceptors (Lipinski definition) is 3. The molecule has 0 bridgehead atoms. The summed E-state index contributed by atoms with van der Waals surface area (Å²) in [7, 11) is 0. The van der Waals surface area contributed by atoms with E-state index in [-0.39, 0.29) is 24.0 Å². The van der Waals surface area contributed by atoms with Crippen LogP contribution in [-0.2, 0) is 13.1 Å². The first-order chi connectivity index (χ1) is 13.7. The molecule has 0 radical (unpaired) electrons. The van der Waals surface area contributed by atoms with E-state index in [4.69, 9.17) is 4.99 Å². The number of nitrogens with zero attached hydrogens (tertiary/aromatic N) is 4. The molecule has 29 heavy (non-hydrogen) atoms. The van der Waals surface area contributed by atoms with Gasteiger partial charge in [-0.1, -0.05) is 43.2 Å². The minimum atomic E-state index is 0. The molecule has 7 heteroatoms. The van der Waals surface area contributed by atoms with Gasteiger partial charge in [-0.3, -0.25) is 4.57 Å². The van der Waals surface area contributed by atoms with E-state index < -0.39 is 0 Å². The van der Waals surface area contributed by atoms with Gasteiger partial charge in [-0.15, -0.1) is 24.0 Å². The predicted molar refractivity (Wildman–Crippen MR) is 129 cm³/mol. The van der Waals surface area contributed by atoms with Crippen LogP contribution in [0.1, 0.15) is 36.5 Å². The third-order valence-electron chi connectivity index (χ3n) is 4.40. The molecule has 0 spiro atoms. The van der Waals surface area contributed by atoms with Crippen LogP contribution in [0.5, 0.6) is 0 Å². The van der Waals surface area contributed by atoms with Gasteiger partial charge in [-0.25, -0.2) is 15.0 Å². The van der Waals surface area contributed by atoms with Gasteiger partial charge in [0.1, 0.15) is 12.1 Å². The number of pyridine rings is 1. The Labute approximate surface area is 189 Å². The van der Waals surface area contributed by atoms with Crippen molar-refractivity contribution in [3.8, 4) is 5.82 Å². The van der Waals surface area contributed by atoms with E-state index in [1.54, 1.807) is 12.5 Å². The Morgan fingerprint density at radius 2 is 1.90 bits per heavy atom. The van der Waals surface area contributed by atoms with Crippen molar-refractivity contribution < 1.29 is 0 Å². The maximum absolute atomic E-state index is 4.76. The van der Waals surface area contributed by atoms with Gasteiger partial charge in [0, 0.05) is 31.7 Å². The number of guanidine groups is 1. The van der Waals surface area contributed by atoms with E-state index in [0.717, 1.165) is 43.3 Å². The molecule has 2 heterocycles. The molecular weight excluding hydrogens is 475 g/mol. The summed E-state index contributed by atoms with van der Waals surface area (Å²) >= 11 is 0. The number of unbranched alkanes of at least 4 members (excludes halogenated alkanes) is 1. The van der Waals surface area contributed by atoms with Gasteiger partial charge < -0.3 is 10.6 Å². The normalized spacial score (nSPS) is 11.0. The lowest BCUT2D eigenvalue weighted by Crippen LogP contribution is -2.37. The lowest BCUT2D eigenvalue weighted by atomic mass is 10.1. The highest BCUT2D eigenvalue weighted by molar-refractivity contribution is 14.0. The second-order valence-electron chi connectivity index (χ2n) is 6.78. The second-order valence-corrected chi connectivity index (χ2v) is 6.78. The molecule has 0 atom stereocenters. The molecule has 154 valence electrons.